The number of ether oxygens (including phenoxy) is 2. The Morgan fingerprint density at radius 2 is 1.52 bits per heavy atom. The average molecular weight is 387 g/mol. The van der Waals surface area contributed by atoms with Crippen LogP contribution in [-0.4, -0.2) is 45.6 Å². The van der Waals surface area contributed by atoms with Crippen LogP contribution in [0.2, 0.25) is 5.04 Å². The lowest BCUT2D eigenvalue weighted by Gasteiger charge is -2.43. The summed E-state index contributed by atoms with van der Waals surface area (Å²) in [5.41, 5.74) is 0. The van der Waals surface area contributed by atoms with Gasteiger partial charge in [-0.2, -0.15) is 0 Å². The highest BCUT2D eigenvalue weighted by molar-refractivity contribution is 6.99. The Labute approximate surface area is 163 Å². The number of benzene rings is 2. The molecule has 2 unspecified atom stereocenters. The van der Waals surface area contributed by atoms with E-state index in [9.17, 15) is 5.11 Å². The Morgan fingerprint density at radius 3 is 1.93 bits per heavy atom. The molecule has 0 bridgehead atoms. The third-order valence-corrected chi connectivity index (χ3v) is 10.3. The quantitative estimate of drug-likeness (QED) is 0.776. The molecular formula is C22H30O4Si. The molecule has 0 aliphatic carbocycles. The van der Waals surface area contributed by atoms with E-state index in [1.54, 1.807) is 7.11 Å². The van der Waals surface area contributed by atoms with Crippen LogP contribution in [0.4, 0.5) is 0 Å². The SMILES string of the molecule is COC1CC(O)[C@@H](CO[Si](c2ccccc2)(c2ccccc2)C(C)(C)C)O1. The summed E-state index contributed by atoms with van der Waals surface area (Å²) in [4.78, 5) is 0. The van der Waals surface area contributed by atoms with Crippen molar-refractivity contribution in [3.63, 3.8) is 0 Å². The van der Waals surface area contributed by atoms with Crippen molar-refractivity contribution in [3.05, 3.63) is 60.7 Å². The van der Waals surface area contributed by atoms with Crippen LogP contribution in [-0.2, 0) is 13.9 Å². The molecule has 4 nitrogen and oxygen atoms in total. The van der Waals surface area contributed by atoms with E-state index in [1.807, 2.05) is 12.1 Å². The first-order valence-corrected chi connectivity index (χ1v) is 11.4. The van der Waals surface area contributed by atoms with Gasteiger partial charge in [0, 0.05) is 13.5 Å². The molecule has 5 heteroatoms. The third-order valence-electron chi connectivity index (χ3n) is 5.33. The highest BCUT2D eigenvalue weighted by Crippen LogP contribution is 2.37. The molecule has 1 heterocycles. The molecule has 0 amide bonds. The van der Waals surface area contributed by atoms with Gasteiger partial charge < -0.3 is 19.0 Å². The summed E-state index contributed by atoms with van der Waals surface area (Å²) in [5.74, 6) is 0. The maximum atomic E-state index is 10.4. The van der Waals surface area contributed by atoms with Crippen molar-refractivity contribution in [2.45, 2.75) is 50.7 Å². The lowest BCUT2D eigenvalue weighted by Crippen LogP contribution is -2.67. The van der Waals surface area contributed by atoms with E-state index in [0.717, 1.165) is 0 Å². The topological polar surface area (TPSA) is 47.9 Å². The zero-order valence-electron chi connectivity index (χ0n) is 16.6. The fraction of sp³-hybridized carbons (Fsp3) is 0.455. The van der Waals surface area contributed by atoms with Crippen molar-refractivity contribution in [2.75, 3.05) is 13.7 Å². The van der Waals surface area contributed by atoms with Gasteiger partial charge in [0.25, 0.3) is 8.32 Å². The highest BCUT2D eigenvalue weighted by Gasteiger charge is 2.51. The molecule has 0 radical (unpaired) electrons. The summed E-state index contributed by atoms with van der Waals surface area (Å²) in [7, 11) is -1.01. The first-order valence-electron chi connectivity index (χ1n) is 9.50. The van der Waals surface area contributed by atoms with Crippen molar-refractivity contribution >= 4 is 18.7 Å². The Balaban J connectivity index is 2.00. The average Bonchev–Trinajstić information content (AvgIpc) is 3.03. The summed E-state index contributed by atoms with van der Waals surface area (Å²) in [6.07, 6.45) is -0.844. The number of hydrogen-bond donors (Lipinski definition) is 1. The lowest BCUT2D eigenvalue weighted by atomic mass is 10.2. The molecule has 0 aromatic heterocycles. The fourth-order valence-electron chi connectivity index (χ4n) is 3.96. The molecule has 3 atom stereocenters. The molecule has 1 N–H and O–H groups in total. The van der Waals surface area contributed by atoms with Gasteiger partial charge in [0.05, 0.1) is 12.7 Å². The molecular weight excluding hydrogens is 356 g/mol. The minimum atomic E-state index is -2.61. The van der Waals surface area contributed by atoms with Crippen molar-refractivity contribution in [1.82, 2.24) is 0 Å². The van der Waals surface area contributed by atoms with Crippen molar-refractivity contribution in [1.29, 1.82) is 0 Å². The minimum absolute atomic E-state index is 0.0973. The monoisotopic (exact) mass is 386 g/mol. The first-order chi connectivity index (χ1) is 12.9. The number of aliphatic hydroxyl groups excluding tert-OH is 1. The van der Waals surface area contributed by atoms with E-state index < -0.39 is 14.4 Å². The van der Waals surface area contributed by atoms with Gasteiger partial charge in [0.1, 0.15) is 6.10 Å². The van der Waals surface area contributed by atoms with Gasteiger partial charge in [-0.25, -0.2) is 0 Å². The molecule has 0 spiro atoms. The van der Waals surface area contributed by atoms with Gasteiger partial charge in [-0.05, 0) is 15.4 Å². The van der Waals surface area contributed by atoms with Crippen molar-refractivity contribution < 1.29 is 19.0 Å². The Kier molecular flexibility index (Phi) is 6.18. The molecule has 2 aromatic rings. The minimum Gasteiger partial charge on any atom is -0.405 e. The predicted molar refractivity (Wildman–Crippen MR) is 110 cm³/mol. The maximum Gasteiger partial charge on any atom is 0.261 e. The van der Waals surface area contributed by atoms with Crippen LogP contribution in [0.15, 0.2) is 60.7 Å². The molecule has 1 aliphatic rings. The van der Waals surface area contributed by atoms with Gasteiger partial charge in [-0.3, -0.25) is 0 Å². The predicted octanol–water partition coefficient (Wildman–Crippen LogP) is 2.69. The maximum absolute atomic E-state index is 10.4. The normalized spacial score (nSPS) is 23.5. The van der Waals surface area contributed by atoms with Gasteiger partial charge in [0.2, 0.25) is 0 Å². The fourth-order valence-corrected chi connectivity index (χ4v) is 8.53. The zero-order valence-corrected chi connectivity index (χ0v) is 17.6. The second kappa shape index (κ2) is 8.25. The van der Waals surface area contributed by atoms with E-state index in [0.29, 0.717) is 13.0 Å². The number of aliphatic hydroxyl groups is 1. The van der Waals surface area contributed by atoms with Gasteiger partial charge in [-0.1, -0.05) is 81.4 Å². The van der Waals surface area contributed by atoms with E-state index >= 15 is 0 Å². The summed E-state index contributed by atoms with van der Waals surface area (Å²) in [6, 6.07) is 21.0. The number of rotatable bonds is 6. The summed E-state index contributed by atoms with van der Waals surface area (Å²) >= 11 is 0. The molecule has 3 rings (SSSR count). The molecule has 1 aliphatic heterocycles. The lowest BCUT2D eigenvalue weighted by molar-refractivity contribution is -0.125. The molecule has 1 fully saturated rings. The van der Waals surface area contributed by atoms with E-state index in [-0.39, 0.29) is 17.4 Å². The smallest absolute Gasteiger partial charge is 0.261 e. The second-order valence-electron chi connectivity index (χ2n) is 8.12. The van der Waals surface area contributed by atoms with E-state index in [2.05, 4.69) is 69.3 Å². The Morgan fingerprint density at radius 1 is 1.00 bits per heavy atom. The molecule has 0 saturated carbocycles. The largest absolute Gasteiger partial charge is 0.405 e. The molecule has 27 heavy (non-hydrogen) atoms. The highest BCUT2D eigenvalue weighted by atomic mass is 28.4. The van der Waals surface area contributed by atoms with Crippen LogP contribution in [0.1, 0.15) is 27.2 Å². The molecule has 2 aromatic carbocycles. The van der Waals surface area contributed by atoms with Gasteiger partial charge in [-0.15, -0.1) is 0 Å². The Bertz CT molecular complexity index is 675. The van der Waals surface area contributed by atoms with Crippen LogP contribution < -0.4 is 10.4 Å². The van der Waals surface area contributed by atoms with Crippen LogP contribution in [0, 0.1) is 0 Å². The summed E-state index contributed by atoms with van der Waals surface area (Å²) < 4.78 is 17.9. The van der Waals surface area contributed by atoms with E-state index in [4.69, 9.17) is 13.9 Å². The molecule has 1 saturated heterocycles. The van der Waals surface area contributed by atoms with Crippen LogP contribution in [0.5, 0.6) is 0 Å². The van der Waals surface area contributed by atoms with Gasteiger partial charge >= 0.3 is 0 Å². The molecule has 146 valence electrons. The third kappa shape index (κ3) is 4.03. The van der Waals surface area contributed by atoms with Gasteiger partial charge in [0.15, 0.2) is 6.29 Å². The standard InChI is InChI=1S/C22H30O4Si/c1-22(2,3)27(17-11-7-5-8-12-17,18-13-9-6-10-14-18)25-16-20-19(23)15-21(24-4)26-20/h5-14,19-21,23H,15-16H2,1-4H3/t19?,20-,21?/m1/s1. The van der Waals surface area contributed by atoms with Crippen LogP contribution >= 0.6 is 0 Å². The first kappa shape index (κ1) is 20.2. The van der Waals surface area contributed by atoms with Crippen LogP contribution in [0.25, 0.3) is 0 Å². The second-order valence-corrected chi connectivity index (χ2v) is 12.4. The van der Waals surface area contributed by atoms with Crippen molar-refractivity contribution in [2.24, 2.45) is 0 Å². The number of hydrogen-bond acceptors (Lipinski definition) is 4. The summed E-state index contributed by atoms with van der Waals surface area (Å²) in [6.45, 7) is 7.06. The number of methoxy groups -OCH3 is 1. The summed E-state index contributed by atoms with van der Waals surface area (Å²) in [5, 5.41) is 12.7. The van der Waals surface area contributed by atoms with Crippen LogP contribution in [0.3, 0.4) is 0 Å². The van der Waals surface area contributed by atoms with E-state index in [1.165, 1.54) is 10.4 Å². The van der Waals surface area contributed by atoms with Crippen molar-refractivity contribution in [3.8, 4) is 0 Å². The Hall–Kier alpha value is -1.50. The zero-order chi connectivity index (χ0) is 19.5.